The minimum Gasteiger partial charge on any atom is -0.491 e. The summed E-state index contributed by atoms with van der Waals surface area (Å²) in [4.78, 5) is 24.2. The lowest BCUT2D eigenvalue weighted by Crippen LogP contribution is -2.37. The molecule has 154 valence electrons. The van der Waals surface area contributed by atoms with E-state index in [4.69, 9.17) is 14.5 Å². The standard InChI is InChI=1S/C22H28N4O3/c1-28-12-13-29-18-7-5-16(6-8-18)22(27)26-11-9-19-17(15-26)14-24-21(25-19)20-4-2-3-10-23-20/h5-8,14,20,23H,2-4,9-13,15H2,1H3/t20-/m1/s1. The van der Waals surface area contributed by atoms with Crippen molar-refractivity contribution in [1.82, 2.24) is 20.2 Å². The summed E-state index contributed by atoms with van der Waals surface area (Å²) < 4.78 is 10.5. The number of hydrogen-bond donors (Lipinski definition) is 1. The van der Waals surface area contributed by atoms with Crippen molar-refractivity contribution in [3.8, 4) is 5.75 Å². The molecule has 1 fully saturated rings. The molecule has 7 nitrogen and oxygen atoms in total. The number of ether oxygens (including phenoxy) is 2. The summed E-state index contributed by atoms with van der Waals surface area (Å²) in [6, 6.07) is 7.54. The summed E-state index contributed by atoms with van der Waals surface area (Å²) in [7, 11) is 1.64. The fourth-order valence-corrected chi connectivity index (χ4v) is 3.86. The largest absolute Gasteiger partial charge is 0.491 e. The molecular weight excluding hydrogens is 368 g/mol. The Hall–Kier alpha value is -2.51. The number of rotatable bonds is 6. The molecule has 0 saturated carbocycles. The first-order valence-corrected chi connectivity index (χ1v) is 10.3. The first-order valence-electron chi connectivity index (χ1n) is 10.3. The van der Waals surface area contributed by atoms with Crippen molar-refractivity contribution < 1.29 is 14.3 Å². The normalized spacial score (nSPS) is 18.9. The molecule has 0 spiro atoms. The number of amides is 1. The molecule has 2 aliphatic heterocycles. The van der Waals surface area contributed by atoms with Crippen LogP contribution in [0.15, 0.2) is 30.5 Å². The van der Waals surface area contributed by atoms with Gasteiger partial charge in [-0.3, -0.25) is 4.79 Å². The number of fused-ring (bicyclic) bond motifs is 1. The molecule has 2 aromatic rings. The highest BCUT2D eigenvalue weighted by atomic mass is 16.5. The molecule has 0 radical (unpaired) electrons. The Labute approximate surface area is 171 Å². The van der Waals surface area contributed by atoms with Crippen molar-refractivity contribution in [3.05, 3.63) is 53.1 Å². The van der Waals surface area contributed by atoms with Crippen molar-refractivity contribution in [2.45, 2.75) is 38.3 Å². The van der Waals surface area contributed by atoms with Crippen LogP contribution in [0.4, 0.5) is 0 Å². The third kappa shape index (κ3) is 4.74. The summed E-state index contributed by atoms with van der Waals surface area (Å²) in [5.74, 6) is 1.66. The number of nitrogens with one attached hydrogen (secondary N) is 1. The van der Waals surface area contributed by atoms with E-state index in [0.717, 1.165) is 42.2 Å². The number of piperidine rings is 1. The van der Waals surface area contributed by atoms with Gasteiger partial charge in [0, 0.05) is 43.9 Å². The van der Waals surface area contributed by atoms with Gasteiger partial charge >= 0.3 is 0 Å². The number of benzene rings is 1. The maximum atomic E-state index is 12.9. The fraction of sp³-hybridized carbons (Fsp3) is 0.500. The van der Waals surface area contributed by atoms with E-state index in [1.54, 1.807) is 7.11 Å². The molecule has 1 aromatic carbocycles. The predicted octanol–water partition coefficient (Wildman–Crippen LogP) is 2.51. The number of carbonyl (C=O) groups excluding carboxylic acids is 1. The van der Waals surface area contributed by atoms with Crippen molar-refractivity contribution in [3.63, 3.8) is 0 Å². The van der Waals surface area contributed by atoms with Gasteiger partial charge < -0.3 is 19.7 Å². The number of carbonyl (C=O) groups is 1. The van der Waals surface area contributed by atoms with Gasteiger partial charge in [0.15, 0.2) is 0 Å². The number of nitrogens with zero attached hydrogens (tertiary/aromatic N) is 3. The van der Waals surface area contributed by atoms with E-state index in [2.05, 4.69) is 10.3 Å². The zero-order valence-corrected chi connectivity index (χ0v) is 16.9. The van der Waals surface area contributed by atoms with E-state index < -0.39 is 0 Å². The van der Waals surface area contributed by atoms with Crippen molar-refractivity contribution in [2.24, 2.45) is 0 Å². The minimum atomic E-state index is 0.0251. The Bertz CT molecular complexity index is 834. The van der Waals surface area contributed by atoms with E-state index >= 15 is 0 Å². The lowest BCUT2D eigenvalue weighted by molar-refractivity contribution is 0.0733. The van der Waals surface area contributed by atoms with Gasteiger partial charge in [-0.05, 0) is 43.7 Å². The lowest BCUT2D eigenvalue weighted by Gasteiger charge is -2.29. The molecule has 3 heterocycles. The van der Waals surface area contributed by atoms with Crippen LogP contribution < -0.4 is 10.1 Å². The second-order valence-corrected chi connectivity index (χ2v) is 7.54. The van der Waals surface area contributed by atoms with Gasteiger partial charge in [0.05, 0.1) is 18.3 Å². The van der Waals surface area contributed by atoms with Gasteiger partial charge in [-0.2, -0.15) is 0 Å². The topological polar surface area (TPSA) is 76.6 Å². The third-order valence-electron chi connectivity index (χ3n) is 5.52. The van der Waals surface area contributed by atoms with Gasteiger partial charge in [0.1, 0.15) is 18.2 Å². The number of hydrogen-bond acceptors (Lipinski definition) is 6. The molecule has 0 unspecified atom stereocenters. The average Bonchev–Trinajstić information content (AvgIpc) is 2.79. The Morgan fingerprint density at radius 3 is 2.86 bits per heavy atom. The zero-order chi connectivity index (χ0) is 20.1. The molecule has 1 atom stereocenters. The van der Waals surface area contributed by atoms with Crippen LogP contribution in [0.2, 0.25) is 0 Å². The first kappa shape index (κ1) is 19.8. The van der Waals surface area contributed by atoms with E-state index in [1.165, 1.54) is 12.8 Å². The second-order valence-electron chi connectivity index (χ2n) is 7.54. The zero-order valence-electron chi connectivity index (χ0n) is 16.9. The second kappa shape index (κ2) is 9.33. The van der Waals surface area contributed by atoms with Gasteiger partial charge in [-0.1, -0.05) is 6.42 Å². The smallest absolute Gasteiger partial charge is 0.254 e. The number of methoxy groups -OCH3 is 1. The molecule has 1 N–H and O–H groups in total. The third-order valence-corrected chi connectivity index (χ3v) is 5.52. The molecule has 29 heavy (non-hydrogen) atoms. The van der Waals surface area contributed by atoms with E-state index in [-0.39, 0.29) is 11.9 Å². The Balaban J connectivity index is 1.39. The molecule has 4 rings (SSSR count). The maximum absolute atomic E-state index is 12.9. The van der Waals surface area contributed by atoms with Crippen molar-refractivity contribution in [2.75, 3.05) is 33.4 Å². The van der Waals surface area contributed by atoms with E-state index in [1.807, 2.05) is 35.4 Å². The first-order chi connectivity index (χ1) is 14.2. The quantitative estimate of drug-likeness (QED) is 0.756. The van der Waals surface area contributed by atoms with Crippen LogP contribution in [0, 0.1) is 0 Å². The summed E-state index contributed by atoms with van der Waals surface area (Å²) in [6.45, 7) is 3.29. The maximum Gasteiger partial charge on any atom is 0.254 e. The SMILES string of the molecule is COCCOc1ccc(C(=O)N2CCc3nc([C@H]4CCCCN4)ncc3C2)cc1. The molecule has 1 saturated heterocycles. The van der Waals surface area contributed by atoms with Gasteiger partial charge in [-0.25, -0.2) is 9.97 Å². The van der Waals surface area contributed by atoms with Crippen molar-refractivity contribution >= 4 is 5.91 Å². The molecule has 0 aliphatic carbocycles. The molecular formula is C22H28N4O3. The predicted molar refractivity (Wildman–Crippen MR) is 109 cm³/mol. The fourth-order valence-electron chi connectivity index (χ4n) is 3.86. The lowest BCUT2D eigenvalue weighted by atomic mass is 10.0. The van der Waals surface area contributed by atoms with Crippen LogP contribution >= 0.6 is 0 Å². The highest BCUT2D eigenvalue weighted by Gasteiger charge is 2.25. The molecule has 0 bridgehead atoms. The van der Waals surface area contributed by atoms with Crippen LogP contribution in [0.25, 0.3) is 0 Å². The summed E-state index contributed by atoms with van der Waals surface area (Å²) in [5.41, 5.74) is 2.79. The van der Waals surface area contributed by atoms with E-state index in [0.29, 0.717) is 31.9 Å². The van der Waals surface area contributed by atoms with Crippen LogP contribution in [-0.4, -0.2) is 54.2 Å². The molecule has 2 aliphatic rings. The molecule has 7 heteroatoms. The van der Waals surface area contributed by atoms with Gasteiger partial charge in [0.25, 0.3) is 5.91 Å². The molecule has 1 amide bonds. The van der Waals surface area contributed by atoms with Crippen LogP contribution in [0.5, 0.6) is 5.75 Å². The summed E-state index contributed by atoms with van der Waals surface area (Å²) in [6.07, 6.45) is 6.20. The Kier molecular flexibility index (Phi) is 6.36. The van der Waals surface area contributed by atoms with Crippen LogP contribution in [0.1, 0.15) is 52.7 Å². The van der Waals surface area contributed by atoms with Crippen LogP contribution in [0.3, 0.4) is 0 Å². The van der Waals surface area contributed by atoms with E-state index in [9.17, 15) is 4.79 Å². The highest BCUT2D eigenvalue weighted by molar-refractivity contribution is 5.94. The highest BCUT2D eigenvalue weighted by Crippen LogP contribution is 2.24. The van der Waals surface area contributed by atoms with Crippen molar-refractivity contribution in [1.29, 1.82) is 0 Å². The minimum absolute atomic E-state index is 0.0251. The number of aromatic nitrogens is 2. The van der Waals surface area contributed by atoms with Gasteiger partial charge in [0.2, 0.25) is 0 Å². The van der Waals surface area contributed by atoms with Crippen LogP contribution in [-0.2, 0) is 17.7 Å². The average molecular weight is 396 g/mol. The summed E-state index contributed by atoms with van der Waals surface area (Å²) in [5, 5.41) is 3.50. The Morgan fingerprint density at radius 1 is 1.24 bits per heavy atom. The van der Waals surface area contributed by atoms with Gasteiger partial charge in [-0.15, -0.1) is 0 Å². The Morgan fingerprint density at radius 2 is 2.10 bits per heavy atom. The summed E-state index contributed by atoms with van der Waals surface area (Å²) >= 11 is 0. The molecule has 1 aromatic heterocycles. The monoisotopic (exact) mass is 396 g/mol.